The minimum Gasteiger partial charge on any atom is -0.306 e. The summed E-state index contributed by atoms with van der Waals surface area (Å²) in [5, 5.41) is 5.74. The van der Waals surface area contributed by atoms with Crippen LogP contribution in [0.1, 0.15) is 40.4 Å². The Morgan fingerprint density at radius 2 is 1.89 bits per heavy atom. The molecule has 18 heavy (non-hydrogen) atoms. The van der Waals surface area contributed by atoms with Gasteiger partial charge in [-0.2, -0.15) is 0 Å². The van der Waals surface area contributed by atoms with Crippen LogP contribution in [0.3, 0.4) is 0 Å². The molecule has 0 radical (unpaired) electrons. The minimum atomic E-state index is 0.287. The molecule has 2 nitrogen and oxygen atoms in total. The fourth-order valence-corrected chi connectivity index (χ4v) is 3.31. The second-order valence-corrected chi connectivity index (χ2v) is 5.59. The maximum Gasteiger partial charge on any atom is 0.0674 e. The van der Waals surface area contributed by atoms with E-state index in [9.17, 15) is 0 Å². The Hall–Kier alpha value is -1.19. The second kappa shape index (κ2) is 5.63. The van der Waals surface area contributed by atoms with E-state index in [-0.39, 0.29) is 6.04 Å². The summed E-state index contributed by atoms with van der Waals surface area (Å²) < 4.78 is 0. The molecule has 0 aliphatic carbocycles. The van der Waals surface area contributed by atoms with Gasteiger partial charge in [-0.25, -0.2) is 0 Å². The van der Waals surface area contributed by atoms with Crippen LogP contribution in [0.15, 0.2) is 23.6 Å². The van der Waals surface area contributed by atoms with Crippen molar-refractivity contribution in [1.29, 1.82) is 0 Å². The summed E-state index contributed by atoms with van der Waals surface area (Å²) in [5.74, 6) is 0. The van der Waals surface area contributed by atoms with Gasteiger partial charge in [0.1, 0.15) is 0 Å². The normalized spacial score (nSPS) is 12.7. The average Bonchev–Trinajstić information content (AvgIpc) is 2.71. The van der Waals surface area contributed by atoms with Gasteiger partial charge in [0, 0.05) is 16.3 Å². The van der Waals surface area contributed by atoms with E-state index in [2.05, 4.69) is 61.6 Å². The van der Waals surface area contributed by atoms with Gasteiger partial charge in [-0.3, -0.25) is 4.98 Å². The molecule has 0 aromatic carbocycles. The lowest BCUT2D eigenvalue weighted by Crippen LogP contribution is -2.22. The van der Waals surface area contributed by atoms with E-state index in [1.54, 1.807) is 0 Å². The Balaban J connectivity index is 2.44. The van der Waals surface area contributed by atoms with Gasteiger partial charge in [0.25, 0.3) is 0 Å². The van der Waals surface area contributed by atoms with Gasteiger partial charge < -0.3 is 5.32 Å². The Morgan fingerprint density at radius 1 is 1.22 bits per heavy atom. The van der Waals surface area contributed by atoms with Crippen molar-refractivity contribution < 1.29 is 0 Å². The third kappa shape index (κ3) is 2.79. The number of nitrogens with zero attached hydrogens (tertiary/aromatic N) is 1. The molecule has 0 aliphatic heterocycles. The van der Waals surface area contributed by atoms with Crippen LogP contribution in [0.4, 0.5) is 0 Å². The summed E-state index contributed by atoms with van der Waals surface area (Å²) >= 11 is 1.82. The van der Waals surface area contributed by atoms with Crippen molar-refractivity contribution in [2.75, 3.05) is 6.54 Å². The molecule has 0 saturated carbocycles. The standard InChI is InChI=1S/C15H20N2S/c1-5-16-14(15-10(2)6-7-18-15)13-8-11(3)17-12(4)9-13/h6-9,14,16H,5H2,1-4H3. The van der Waals surface area contributed by atoms with Crippen molar-refractivity contribution in [2.24, 2.45) is 0 Å². The second-order valence-electron chi connectivity index (χ2n) is 4.64. The van der Waals surface area contributed by atoms with Crippen LogP contribution >= 0.6 is 11.3 Å². The minimum absolute atomic E-state index is 0.287. The van der Waals surface area contributed by atoms with Gasteiger partial charge >= 0.3 is 0 Å². The molecule has 0 amide bonds. The molecule has 2 heterocycles. The van der Waals surface area contributed by atoms with Crippen LogP contribution in [0, 0.1) is 20.8 Å². The molecule has 1 N–H and O–H groups in total. The highest BCUT2D eigenvalue weighted by Gasteiger charge is 2.17. The van der Waals surface area contributed by atoms with E-state index in [1.807, 2.05) is 11.3 Å². The number of nitrogens with one attached hydrogen (secondary N) is 1. The van der Waals surface area contributed by atoms with Crippen molar-refractivity contribution in [1.82, 2.24) is 10.3 Å². The van der Waals surface area contributed by atoms with Crippen molar-refractivity contribution in [3.05, 3.63) is 51.0 Å². The van der Waals surface area contributed by atoms with Gasteiger partial charge in [0.15, 0.2) is 0 Å². The van der Waals surface area contributed by atoms with Crippen molar-refractivity contribution in [3.63, 3.8) is 0 Å². The van der Waals surface area contributed by atoms with E-state index < -0.39 is 0 Å². The average molecular weight is 260 g/mol. The molecule has 0 spiro atoms. The lowest BCUT2D eigenvalue weighted by molar-refractivity contribution is 0.635. The Labute approximate surface area is 113 Å². The van der Waals surface area contributed by atoms with Crippen molar-refractivity contribution in [2.45, 2.75) is 33.7 Å². The number of pyridine rings is 1. The van der Waals surface area contributed by atoms with Gasteiger partial charge in [0.2, 0.25) is 0 Å². The fraction of sp³-hybridized carbons (Fsp3) is 0.400. The largest absolute Gasteiger partial charge is 0.306 e. The molecule has 2 aromatic heterocycles. The van der Waals surface area contributed by atoms with Crippen molar-refractivity contribution in [3.8, 4) is 0 Å². The summed E-state index contributed by atoms with van der Waals surface area (Å²) in [6, 6.07) is 6.83. The molecule has 0 saturated heterocycles. The number of thiophene rings is 1. The van der Waals surface area contributed by atoms with Crippen molar-refractivity contribution >= 4 is 11.3 Å². The zero-order valence-corrected chi connectivity index (χ0v) is 12.3. The predicted octanol–water partition coefficient (Wildman–Crippen LogP) is 3.77. The Kier molecular flexibility index (Phi) is 4.15. The highest BCUT2D eigenvalue weighted by molar-refractivity contribution is 7.10. The van der Waals surface area contributed by atoms with Crippen LogP contribution in [-0.2, 0) is 0 Å². The summed E-state index contributed by atoms with van der Waals surface area (Å²) in [5.41, 5.74) is 4.84. The molecule has 2 aromatic rings. The lowest BCUT2D eigenvalue weighted by Gasteiger charge is -2.19. The van der Waals surface area contributed by atoms with Crippen LogP contribution < -0.4 is 5.32 Å². The molecule has 0 bridgehead atoms. The van der Waals surface area contributed by atoms with E-state index in [1.165, 1.54) is 16.0 Å². The van der Waals surface area contributed by atoms with Gasteiger partial charge in [0.05, 0.1) is 6.04 Å². The van der Waals surface area contributed by atoms with Crippen LogP contribution in [0.5, 0.6) is 0 Å². The maximum absolute atomic E-state index is 4.46. The molecular weight excluding hydrogens is 240 g/mol. The number of aromatic nitrogens is 1. The predicted molar refractivity (Wildman–Crippen MR) is 78.3 cm³/mol. The Morgan fingerprint density at radius 3 is 2.39 bits per heavy atom. The summed E-state index contributed by atoms with van der Waals surface area (Å²) in [4.78, 5) is 5.86. The zero-order valence-electron chi connectivity index (χ0n) is 11.4. The highest BCUT2D eigenvalue weighted by atomic mass is 32.1. The number of rotatable bonds is 4. The number of hydrogen-bond acceptors (Lipinski definition) is 3. The molecule has 2 rings (SSSR count). The first kappa shape index (κ1) is 13.2. The summed E-state index contributed by atoms with van der Waals surface area (Å²) in [6.07, 6.45) is 0. The maximum atomic E-state index is 4.46. The van der Waals surface area contributed by atoms with Gasteiger partial charge in [-0.1, -0.05) is 6.92 Å². The van der Waals surface area contributed by atoms with E-state index in [0.717, 1.165) is 17.9 Å². The third-order valence-electron chi connectivity index (χ3n) is 3.01. The van der Waals surface area contributed by atoms with E-state index >= 15 is 0 Å². The first-order chi connectivity index (χ1) is 8.61. The van der Waals surface area contributed by atoms with E-state index in [4.69, 9.17) is 0 Å². The molecule has 0 fully saturated rings. The van der Waals surface area contributed by atoms with Crippen LogP contribution in [0.25, 0.3) is 0 Å². The van der Waals surface area contributed by atoms with Crippen LogP contribution in [0.2, 0.25) is 0 Å². The quantitative estimate of drug-likeness (QED) is 0.905. The topological polar surface area (TPSA) is 24.9 Å². The molecule has 1 atom stereocenters. The SMILES string of the molecule is CCNC(c1cc(C)nc(C)c1)c1sccc1C. The van der Waals surface area contributed by atoms with Crippen LogP contribution in [-0.4, -0.2) is 11.5 Å². The molecule has 3 heteroatoms. The first-order valence-corrected chi connectivity index (χ1v) is 7.22. The van der Waals surface area contributed by atoms with Gasteiger partial charge in [-0.05, 0) is 62.0 Å². The monoisotopic (exact) mass is 260 g/mol. The zero-order chi connectivity index (χ0) is 13.1. The molecule has 0 aliphatic rings. The number of hydrogen-bond donors (Lipinski definition) is 1. The highest BCUT2D eigenvalue weighted by Crippen LogP contribution is 2.29. The van der Waals surface area contributed by atoms with Gasteiger partial charge in [-0.15, -0.1) is 11.3 Å². The smallest absolute Gasteiger partial charge is 0.0674 e. The van der Waals surface area contributed by atoms with E-state index in [0.29, 0.717) is 0 Å². The first-order valence-electron chi connectivity index (χ1n) is 6.34. The molecule has 1 unspecified atom stereocenters. The number of aryl methyl sites for hydroxylation is 3. The third-order valence-corrected chi connectivity index (χ3v) is 4.09. The summed E-state index contributed by atoms with van der Waals surface area (Å²) in [6.45, 7) is 9.40. The summed E-state index contributed by atoms with van der Waals surface area (Å²) in [7, 11) is 0. The fourth-order valence-electron chi connectivity index (χ4n) is 2.28. The molecular formula is C15H20N2S. The lowest BCUT2D eigenvalue weighted by atomic mass is 10.0. The Bertz CT molecular complexity index is 511. The molecule has 96 valence electrons.